The molecule has 1 unspecified atom stereocenters. The molecule has 3 rings (SSSR count). The third kappa shape index (κ3) is 2.91. The van der Waals surface area contributed by atoms with Gasteiger partial charge >= 0.3 is 5.69 Å². The average Bonchev–Trinajstić information content (AvgIpc) is 3.24. The van der Waals surface area contributed by atoms with E-state index in [0.717, 1.165) is 17.4 Å². The molecule has 0 radical (unpaired) electrons. The summed E-state index contributed by atoms with van der Waals surface area (Å²) in [5.41, 5.74) is -0.806. The molecule has 8 heteroatoms. The standard InChI is InChI=1S/C18H25N3O4S/c1-5-12-11-18(12,4)19-26(24,25)13-8-9-15-14(10-13)16(22)21(7-3)17(23)20(15)6-2/h8-10,12,19H,5-7,11H2,1-4H3/t12-,18?/m1/s1. The van der Waals surface area contributed by atoms with Gasteiger partial charge in [0.15, 0.2) is 0 Å². The van der Waals surface area contributed by atoms with Crippen LogP contribution in [-0.4, -0.2) is 23.1 Å². The van der Waals surface area contributed by atoms with Crippen molar-refractivity contribution in [3.05, 3.63) is 39.0 Å². The molecule has 142 valence electrons. The van der Waals surface area contributed by atoms with Gasteiger partial charge in [0.25, 0.3) is 5.56 Å². The second-order valence-corrected chi connectivity index (χ2v) is 8.77. The van der Waals surface area contributed by atoms with E-state index in [1.165, 1.54) is 16.7 Å². The molecule has 0 amide bonds. The summed E-state index contributed by atoms with van der Waals surface area (Å²) in [5, 5.41) is 0.240. The molecule has 1 fully saturated rings. The van der Waals surface area contributed by atoms with Crippen LogP contribution in [0.1, 0.15) is 40.5 Å². The van der Waals surface area contributed by atoms with Gasteiger partial charge in [0.2, 0.25) is 10.0 Å². The lowest BCUT2D eigenvalue weighted by Gasteiger charge is -2.16. The van der Waals surface area contributed by atoms with Crippen LogP contribution in [0.25, 0.3) is 10.9 Å². The van der Waals surface area contributed by atoms with E-state index in [-0.39, 0.29) is 22.5 Å². The maximum Gasteiger partial charge on any atom is 0.331 e. The summed E-state index contributed by atoms with van der Waals surface area (Å²) < 4.78 is 31.0. The van der Waals surface area contributed by atoms with E-state index < -0.39 is 21.1 Å². The molecule has 0 saturated heterocycles. The van der Waals surface area contributed by atoms with Gasteiger partial charge in [-0.2, -0.15) is 0 Å². The Morgan fingerprint density at radius 2 is 1.81 bits per heavy atom. The Kier molecular flexibility index (Phi) is 4.60. The minimum atomic E-state index is -3.74. The molecule has 1 aliphatic carbocycles. The Morgan fingerprint density at radius 3 is 2.35 bits per heavy atom. The highest BCUT2D eigenvalue weighted by Crippen LogP contribution is 2.46. The molecule has 1 saturated carbocycles. The van der Waals surface area contributed by atoms with Gasteiger partial charge in [-0.15, -0.1) is 0 Å². The van der Waals surface area contributed by atoms with Gasteiger partial charge in [0.1, 0.15) is 0 Å². The van der Waals surface area contributed by atoms with Gasteiger partial charge < -0.3 is 0 Å². The number of nitrogens with one attached hydrogen (secondary N) is 1. The number of hydrogen-bond acceptors (Lipinski definition) is 4. The fourth-order valence-corrected chi connectivity index (χ4v) is 5.20. The lowest BCUT2D eigenvalue weighted by atomic mass is 10.2. The van der Waals surface area contributed by atoms with E-state index in [9.17, 15) is 18.0 Å². The number of benzene rings is 1. The maximum absolute atomic E-state index is 12.8. The Hall–Kier alpha value is -1.93. The minimum absolute atomic E-state index is 0.0500. The van der Waals surface area contributed by atoms with E-state index in [4.69, 9.17) is 0 Å². The molecule has 0 bridgehead atoms. The maximum atomic E-state index is 12.8. The quantitative estimate of drug-likeness (QED) is 0.827. The summed E-state index contributed by atoms with van der Waals surface area (Å²) in [4.78, 5) is 25.1. The molecule has 2 aromatic rings. The first-order chi connectivity index (χ1) is 12.2. The average molecular weight is 379 g/mol. The van der Waals surface area contributed by atoms with Gasteiger partial charge in [-0.1, -0.05) is 13.3 Å². The lowest BCUT2D eigenvalue weighted by molar-refractivity contribution is 0.532. The molecular weight excluding hydrogens is 354 g/mol. The van der Waals surface area contributed by atoms with Gasteiger partial charge in [-0.05, 0) is 51.3 Å². The van der Waals surface area contributed by atoms with Crippen LogP contribution in [0.15, 0.2) is 32.7 Å². The summed E-state index contributed by atoms with van der Waals surface area (Å²) in [6.45, 7) is 8.11. The van der Waals surface area contributed by atoms with Crippen molar-refractivity contribution < 1.29 is 8.42 Å². The lowest BCUT2D eigenvalue weighted by Crippen LogP contribution is -2.39. The molecule has 1 N–H and O–H groups in total. The number of aryl methyl sites for hydroxylation is 1. The number of hydrogen-bond donors (Lipinski definition) is 1. The molecule has 1 aromatic carbocycles. The highest BCUT2D eigenvalue weighted by atomic mass is 32.2. The fourth-order valence-electron chi connectivity index (χ4n) is 3.69. The van der Waals surface area contributed by atoms with E-state index in [2.05, 4.69) is 4.72 Å². The molecular formula is C18H25N3O4S. The topological polar surface area (TPSA) is 90.2 Å². The predicted molar refractivity (Wildman–Crippen MR) is 101 cm³/mol. The monoisotopic (exact) mass is 379 g/mol. The van der Waals surface area contributed by atoms with Crippen molar-refractivity contribution in [2.45, 2.75) is 64.1 Å². The first kappa shape index (κ1) is 18.8. The van der Waals surface area contributed by atoms with E-state index in [1.807, 2.05) is 20.8 Å². The van der Waals surface area contributed by atoms with Gasteiger partial charge in [-0.3, -0.25) is 13.9 Å². The predicted octanol–water partition coefficient (Wildman–Crippen LogP) is 1.67. The molecule has 0 aliphatic heterocycles. The highest BCUT2D eigenvalue weighted by Gasteiger charge is 2.51. The molecule has 26 heavy (non-hydrogen) atoms. The van der Waals surface area contributed by atoms with Crippen LogP contribution in [0.5, 0.6) is 0 Å². The normalized spacial score (nSPS) is 22.7. The van der Waals surface area contributed by atoms with Crippen LogP contribution in [0, 0.1) is 5.92 Å². The van der Waals surface area contributed by atoms with Gasteiger partial charge in [-0.25, -0.2) is 17.9 Å². The second-order valence-electron chi connectivity index (χ2n) is 7.09. The zero-order valence-electron chi connectivity index (χ0n) is 15.6. The Bertz CT molecular complexity index is 1080. The van der Waals surface area contributed by atoms with Crippen LogP contribution >= 0.6 is 0 Å². The Morgan fingerprint density at radius 1 is 1.15 bits per heavy atom. The molecule has 7 nitrogen and oxygen atoms in total. The van der Waals surface area contributed by atoms with Crippen LogP contribution in [0.4, 0.5) is 0 Å². The van der Waals surface area contributed by atoms with Crippen LogP contribution in [0.2, 0.25) is 0 Å². The number of aromatic nitrogens is 2. The SMILES string of the molecule is CC[C@@H]1CC1(C)NS(=O)(=O)c1ccc2c(c1)c(=O)n(CC)c(=O)n2CC. The summed E-state index contributed by atoms with van der Waals surface area (Å²) in [5.74, 6) is 0.334. The van der Waals surface area contributed by atoms with Crippen molar-refractivity contribution in [3.8, 4) is 0 Å². The third-order valence-corrected chi connectivity index (χ3v) is 7.02. The Balaban J connectivity index is 2.15. The third-order valence-electron chi connectivity index (χ3n) is 5.41. The van der Waals surface area contributed by atoms with E-state index >= 15 is 0 Å². The van der Waals surface area contributed by atoms with Crippen LogP contribution < -0.4 is 16.0 Å². The zero-order valence-corrected chi connectivity index (χ0v) is 16.4. The smallest absolute Gasteiger partial charge is 0.293 e. The van der Waals surface area contributed by atoms with Crippen molar-refractivity contribution in [2.24, 2.45) is 5.92 Å². The first-order valence-corrected chi connectivity index (χ1v) is 10.5. The van der Waals surface area contributed by atoms with Crippen molar-refractivity contribution >= 4 is 20.9 Å². The summed E-state index contributed by atoms with van der Waals surface area (Å²) in [6.07, 6.45) is 1.73. The summed E-state index contributed by atoms with van der Waals surface area (Å²) >= 11 is 0. The zero-order chi connectivity index (χ0) is 19.3. The second kappa shape index (κ2) is 6.35. The summed E-state index contributed by atoms with van der Waals surface area (Å²) in [7, 11) is -3.74. The van der Waals surface area contributed by atoms with Crippen molar-refractivity contribution in [1.29, 1.82) is 0 Å². The molecule has 0 spiro atoms. The van der Waals surface area contributed by atoms with Crippen molar-refractivity contribution in [1.82, 2.24) is 13.9 Å². The van der Waals surface area contributed by atoms with Crippen molar-refractivity contribution in [3.63, 3.8) is 0 Å². The largest absolute Gasteiger partial charge is 0.331 e. The number of rotatable bonds is 6. The number of sulfonamides is 1. The van der Waals surface area contributed by atoms with Gasteiger partial charge in [0, 0.05) is 18.6 Å². The Labute approximate surface area is 152 Å². The fraction of sp³-hybridized carbons (Fsp3) is 0.556. The highest BCUT2D eigenvalue weighted by molar-refractivity contribution is 7.89. The molecule has 1 aliphatic rings. The number of nitrogens with zero attached hydrogens (tertiary/aromatic N) is 2. The van der Waals surface area contributed by atoms with E-state index in [1.54, 1.807) is 13.0 Å². The first-order valence-electron chi connectivity index (χ1n) is 8.99. The van der Waals surface area contributed by atoms with Crippen LogP contribution in [0.3, 0.4) is 0 Å². The summed E-state index contributed by atoms with van der Waals surface area (Å²) in [6, 6.07) is 4.38. The van der Waals surface area contributed by atoms with Crippen molar-refractivity contribution in [2.75, 3.05) is 0 Å². The van der Waals surface area contributed by atoms with Crippen LogP contribution in [-0.2, 0) is 23.1 Å². The molecule has 1 heterocycles. The molecule has 1 aromatic heterocycles. The number of fused-ring (bicyclic) bond motifs is 1. The van der Waals surface area contributed by atoms with Gasteiger partial charge in [0.05, 0.1) is 15.8 Å². The molecule has 2 atom stereocenters. The minimum Gasteiger partial charge on any atom is -0.293 e. The van der Waals surface area contributed by atoms with E-state index in [0.29, 0.717) is 18.0 Å².